The molecule has 4 heteroatoms. The van der Waals surface area contributed by atoms with E-state index in [0.29, 0.717) is 0 Å². The van der Waals surface area contributed by atoms with Crippen LogP contribution in [0, 0.1) is 0 Å². The molecule has 0 aromatic rings. The number of aliphatic hydroxyl groups excluding tert-OH is 1. The maximum atomic E-state index is 8.94. The first-order chi connectivity index (χ1) is 4.13. The second-order valence-corrected chi connectivity index (χ2v) is 1.82. The predicted molar refractivity (Wildman–Crippen MR) is 32.1 cm³/mol. The van der Waals surface area contributed by atoms with E-state index in [9.17, 15) is 0 Å². The van der Waals surface area contributed by atoms with Crippen LogP contribution in [0.2, 0.25) is 0 Å². The van der Waals surface area contributed by atoms with Crippen molar-refractivity contribution in [1.29, 1.82) is 0 Å². The van der Waals surface area contributed by atoms with E-state index in [1.54, 1.807) is 0 Å². The van der Waals surface area contributed by atoms with E-state index < -0.39 is 5.85 Å². The summed E-state index contributed by atoms with van der Waals surface area (Å²) < 4.78 is 0. The molecule has 1 unspecified atom stereocenters. The van der Waals surface area contributed by atoms with Gasteiger partial charge in [-0.15, -0.1) is 0 Å². The highest BCUT2D eigenvalue weighted by molar-refractivity contribution is 5.18. The van der Waals surface area contributed by atoms with Crippen LogP contribution < -0.4 is 11.1 Å². The molecule has 1 aliphatic heterocycles. The molecule has 0 spiro atoms. The molecule has 1 heterocycles. The smallest absolute Gasteiger partial charge is 0.250 e. The molecule has 4 nitrogen and oxygen atoms in total. The standard InChI is InChI=1S/C5H8N2O2/c6-5(9)4(8)2-1-3-7-5/h1-3,7-9H,6H2. The molecule has 0 aromatic carbocycles. The third-order valence-electron chi connectivity index (χ3n) is 1.04. The van der Waals surface area contributed by atoms with E-state index in [1.807, 2.05) is 0 Å². The predicted octanol–water partition coefficient (Wildman–Crippen LogP) is -0.850. The van der Waals surface area contributed by atoms with E-state index in [1.165, 1.54) is 18.4 Å². The number of rotatable bonds is 0. The SMILES string of the molecule is NC1(O)NC=CC=C1O. The van der Waals surface area contributed by atoms with Gasteiger partial charge in [0.1, 0.15) is 0 Å². The van der Waals surface area contributed by atoms with Gasteiger partial charge >= 0.3 is 0 Å². The number of aliphatic hydroxyl groups is 2. The van der Waals surface area contributed by atoms with Crippen molar-refractivity contribution < 1.29 is 10.2 Å². The average molecular weight is 128 g/mol. The van der Waals surface area contributed by atoms with Gasteiger partial charge in [0, 0.05) is 6.20 Å². The number of nitrogens with one attached hydrogen (secondary N) is 1. The molecule has 0 bridgehead atoms. The van der Waals surface area contributed by atoms with Crippen molar-refractivity contribution in [2.45, 2.75) is 5.85 Å². The molecule has 0 aliphatic carbocycles. The minimum atomic E-state index is -1.78. The Balaban J connectivity index is 2.83. The zero-order valence-corrected chi connectivity index (χ0v) is 4.70. The first-order valence-corrected chi connectivity index (χ1v) is 2.48. The highest BCUT2D eigenvalue weighted by Gasteiger charge is 2.25. The fraction of sp³-hybridized carbons (Fsp3) is 0.200. The van der Waals surface area contributed by atoms with Crippen LogP contribution in [0.5, 0.6) is 0 Å². The maximum absolute atomic E-state index is 8.94. The molecule has 1 atom stereocenters. The summed E-state index contributed by atoms with van der Waals surface area (Å²) in [6.45, 7) is 0. The van der Waals surface area contributed by atoms with Crippen LogP contribution >= 0.6 is 0 Å². The van der Waals surface area contributed by atoms with Crippen molar-refractivity contribution in [3.63, 3.8) is 0 Å². The molecule has 50 valence electrons. The number of allylic oxidation sites excluding steroid dienone is 2. The van der Waals surface area contributed by atoms with Gasteiger partial charge in [0.05, 0.1) is 0 Å². The second kappa shape index (κ2) is 1.75. The molecule has 0 amide bonds. The van der Waals surface area contributed by atoms with Gasteiger partial charge in [0.25, 0.3) is 5.85 Å². The van der Waals surface area contributed by atoms with Gasteiger partial charge in [-0.25, -0.2) is 0 Å². The largest absolute Gasteiger partial charge is 0.506 e. The fourth-order valence-corrected chi connectivity index (χ4v) is 0.515. The van der Waals surface area contributed by atoms with Gasteiger partial charge < -0.3 is 15.5 Å². The molecule has 1 aliphatic rings. The molecule has 1 rings (SSSR count). The molecule has 0 saturated heterocycles. The van der Waals surface area contributed by atoms with Gasteiger partial charge in [0.2, 0.25) is 0 Å². The van der Waals surface area contributed by atoms with E-state index >= 15 is 0 Å². The van der Waals surface area contributed by atoms with Gasteiger partial charge in [-0.3, -0.25) is 5.73 Å². The topological polar surface area (TPSA) is 78.5 Å². The quantitative estimate of drug-likeness (QED) is 0.320. The molecule has 0 fully saturated rings. The Morgan fingerprint density at radius 3 is 2.67 bits per heavy atom. The van der Waals surface area contributed by atoms with Crippen LogP contribution in [-0.2, 0) is 0 Å². The molecule has 0 saturated carbocycles. The van der Waals surface area contributed by atoms with Crippen LogP contribution in [0.4, 0.5) is 0 Å². The summed E-state index contributed by atoms with van der Waals surface area (Å²) in [6, 6.07) is 0. The highest BCUT2D eigenvalue weighted by Crippen LogP contribution is 2.06. The molecule has 0 radical (unpaired) electrons. The number of dihydropyridines is 1. The minimum absolute atomic E-state index is 0.287. The summed E-state index contributed by atoms with van der Waals surface area (Å²) in [5.41, 5.74) is 5.10. The first kappa shape index (κ1) is 6.12. The van der Waals surface area contributed by atoms with Crippen molar-refractivity contribution in [1.82, 2.24) is 5.32 Å². The summed E-state index contributed by atoms with van der Waals surface area (Å²) in [6.07, 6.45) is 4.30. The third kappa shape index (κ3) is 1.04. The molecular formula is C5H8N2O2. The van der Waals surface area contributed by atoms with Gasteiger partial charge in [-0.2, -0.15) is 0 Å². The Hall–Kier alpha value is -1.00. The summed E-state index contributed by atoms with van der Waals surface area (Å²) in [7, 11) is 0. The first-order valence-electron chi connectivity index (χ1n) is 2.48. The van der Waals surface area contributed by atoms with E-state index in [-0.39, 0.29) is 5.76 Å². The Bertz CT molecular complexity index is 172. The van der Waals surface area contributed by atoms with Gasteiger partial charge in [-0.1, -0.05) is 0 Å². The van der Waals surface area contributed by atoms with E-state index in [2.05, 4.69) is 5.32 Å². The lowest BCUT2D eigenvalue weighted by Crippen LogP contribution is -2.53. The lowest BCUT2D eigenvalue weighted by Gasteiger charge is -2.24. The van der Waals surface area contributed by atoms with Crippen molar-refractivity contribution in [2.24, 2.45) is 5.73 Å². The highest BCUT2D eigenvalue weighted by atomic mass is 16.4. The van der Waals surface area contributed by atoms with E-state index in [4.69, 9.17) is 15.9 Å². The Labute approximate surface area is 52.3 Å². The lowest BCUT2D eigenvalue weighted by atomic mass is 10.2. The second-order valence-electron chi connectivity index (χ2n) is 1.82. The summed E-state index contributed by atoms with van der Waals surface area (Å²) in [5.74, 6) is -2.07. The van der Waals surface area contributed by atoms with Crippen molar-refractivity contribution in [3.8, 4) is 0 Å². The normalized spacial score (nSPS) is 33.3. The Kier molecular flexibility index (Phi) is 1.19. The van der Waals surface area contributed by atoms with E-state index in [0.717, 1.165) is 0 Å². The third-order valence-corrected chi connectivity index (χ3v) is 1.04. The van der Waals surface area contributed by atoms with Crippen molar-refractivity contribution in [2.75, 3.05) is 0 Å². The molecule has 5 N–H and O–H groups in total. The summed E-state index contributed by atoms with van der Waals surface area (Å²) in [4.78, 5) is 0. The zero-order chi connectivity index (χ0) is 6.91. The number of hydrogen-bond donors (Lipinski definition) is 4. The van der Waals surface area contributed by atoms with Gasteiger partial charge in [-0.05, 0) is 12.2 Å². The fourth-order valence-electron chi connectivity index (χ4n) is 0.515. The molecule has 0 aromatic heterocycles. The monoisotopic (exact) mass is 128 g/mol. The average Bonchev–Trinajstić information content (AvgIpc) is 1.77. The molecular weight excluding hydrogens is 120 g/mol. The summed E-state index contributed by atoms with van der Waals surface area (Å²) in [5, 5.41) is 20.1. The Morgan fingerprint density at radius 1 is 1.67 bits per heavy atom. The summed E-state index contributed by atoms with van der Waals surface area (Å²) >= 11 is 0. The zero-order valence-electron chi connectivity index (χ0n) is 4.70. The van der Waals surface area contributed by atoms with Crippen LogP contribution in [-0.4, -0.2) is 16.1 Å². The van der Waals surface area contributed by atoms with Crippen molar-refractivity contribution in [3.05, 3.63) is 24.1 Å². The molecule has 9 heavy (non-hydrogen) atoms. The van der Waals surface area contributed by atoms with Crippen LogP contribution in [0.1, 0.15) is 0 Å². The Morgan fingerprint density at radius 2 is 2.33 bits per heavy atom. The minimum Gasteiger partial charge on any atom is -0.506 e. The number of hydrogen-bond acceptors (Lipinski definition) is 4. The van der Waals surface area contributed by atoms with Crippen LogP contribution in [0.3, 0.4) is 0 Å². The maximum Gasteiger partial charge on any atom is 0.250 e. The number of nitrogens with two attached hydrogens (primary N) is 1. The van der Waals surface area contributed by atoms with Crippen LogP contribution in [0.15, 0.2) is 24.1 Å². The van der Waals surface area contributed by atoms with Crippen molar-refractivity contribution >= 4 is 0 Å². The van der Waals surface area contributed by atoms with Gasteiger partial charge in [0.15, 0.2) is 5.76 Å². The van der Waals surface area contributed by atoms with Crippen LogP contribution in [0.25, 0.3) is 0 Å². The lowest BCUT2D eigenvalue weighted by molar-refractivity contribution is 0.0200.